The van der Waals surface area contributed by atoms with Crippen LogP contribution in [0.15, 0.2) is 40.3 Å². The molecule has 164 valence electrons. The Balaban J connectivity index is 1.73. The van der Waals surface area contributed by atoms with Crippen LogP contribution >= 0.6 is 23.1 Å². The maximum absolute atomic E-state index is 13.1. The summed E-state index contributed by atoms with van der Waals surface area (Å²) in [6, 6.07) is 8.77. The van der Waals surface area contributed by atoms with Crippen LogP contribution in [0.4, 0.5) is 4.79 Å². The van der Waals surface area contributed by atoms with E-state index in [0.29, 0.717) is 21.9 Å². The third-order valence-corrected chi connectivity index (χ3v) is 7.07. The summed E-state index contributed by atoms with van der Waals surface area (Å²) in [5.74, 6) is -0.446. The fourth-order valence-electron chi connectivity index (χ4n) is 3.07. The van der Waals surface area contributed by atoms with Crippen LogP contribution in [-0.4, -0.2) is 26.7 Å². The Hall–Kier alpha value is -2.65. The molecular weight excluding hydrogens is 432 g/mol. The van der Waals surface area contributed by atoms with Crippen LogP contribution in [-0.2, 0) is 11.3 Å². The van der Waals surface area contributed by atoms with Crippen LogP contribution in [0.5, 0.6) is 0 Å². The lowest BCUT2D eigenvalue weighted by Crippen LogP contribution is -2.42. The van der Waals surface area contributed by atoms with Crippen LogP contribution in [0.3, 0.4) is 0 Å². The molecule has 9 heteroatoms. The summed E-state index contributed by atoms with van der Waals surface area (Å²) in [7, 11) is 0. The molecule has 7 nitrogen and oxygen atoms in total. The monoisotopic (exact) mass is 458 g/mol. The number of hydrogen-bond donors (Lipinski definition) is 2. The second kappa shape index (κ2) is 9.65. The van der Waals surface area contributed by atoms with E-state index >= 15 is 0 Å². The average molecular weight is 459 g/mol. The van der Waals surface area contributed by atoms with Gasteiger partial charge in [-0.3, -0.25) is 19.5 Å². The number of nitrogens with one attached hydrogen (secondary N) is 2. The van der Waals surface area contributed by atoms with Gasteiger partial charge < -0.3 is 5.32 Å². The minimum Gasteiger partial charge on any atom is -0.334 e. The van der Waals surface area contributed by atoms with Gasteiger partial charge in [-0.15, -0.1) is 11.3 Å². The van der Waals surface area contributed by atoms with Gasteiger partial charge >= 0.3 is 6.03 Å². The molecule has 0 aliphatic heterocycles. The molecule has 2 heterocycles. The second-order valence-corrected chi connectivity index (χ2v) is 10.1. The SMILES string of the molecule is Cc1sc2nc(SC(C)C(=O)NC(=O)NCc3ccccc3)n(C(C)C)c(=O)c2c1C. The third kappa shape index (κ3) is 5.16. The number of benzene rings is 1. The summed E-state index contributed by atoms with van der Waals surface area (Å²) >= 11 is 2.65. The Labute approximate surface area is 189 Å². The van der Waals surface area contributed by atoms with Gasteiger partial charge in [0.1, 0.15) is 4.83 Å². The molecule has 0 spiro atoms. The molecule has 3 rings (SSSR count). The highest BCUT2D eigenvalue weighted by molar-refractivity contribution is 8.00. The van der Waals surface area contributed by atoms with Gasteiger partial charge in [0.05, 0.1) is 10.6 Å². The number of rotatable bonds is 6. The van der Waals surface area contributed by atoms with Crippen molar-refractivity contribution in [1.29, 1.82) is 0 Å². The number of carbonyl (C=O) groups excluding carboxylic acids is 2. The van der Waals surface area contributed by atoms with Crippen LogP contribution in [0, 0.1) is 13.8 Å². The van der Waals surface area contributed by atoms with Crippen molar-refractivity contribution >= 4 is 45.3 Å². The van der Waals surface area contributed by atoms with Gasteiger partial charge in [-0.2, -0.15) is 0 Å². The zero-order chi connectivity index (χ0) is 22.7. The molecule has 1 aromatic carbocycles. The van der Waals surface area contributed by atoms with Crippen molar-refractivity contribution < 1.29 is 9.59 Å². The van der Waals surface area contributed by atoms with Gasteiger partial charge in [0, 0.05) is 17.5 Å². The van der Waals surface area contributed by atoms with E-state index in [0.717, 1.165) is 16.0 Å². The molecule has 31 heavy (non-hydrogen) atoms. The van der Waals surface area contributed by atoms with Crippen molar-refractivity contribution in [3.63, 3.8) is 0 Å². The summed E-state index contributed by atoms with van der Waals surface area (Å²) in [5.41, 5.74) is 1.79. The van der Waals surface area contributed by atoms with E-state index in [9.17, 15) is 14.4 Å². The Morgan fingerprint density at radius 3 is 2.48 bits per heavy atom. The lowest BCUT2D eigenvalue weighted by Gasteiger charge is -2.18. The van der Waals surface area contributed by atoms with Crippen LogP contribution in [0.2, 0.25) is 0 Å². The number of thioether (sulfide) groups is 1. The highest BCUT2D eigenvalue weighted by Crippen LogP contribution is 2.30. The standard InChI is InChI=1S/C22H26N4O3S2/c1-12(2)26-20(28)17-13(3)14(4)30-19(17)25-22(26)31-15(5)18(27)24-21(29)23-11-16-9-7-6-8-10-16/h6-10,12,15H,11H2,1-5H3,(H2,23,24,27,29). The Bertz CT molecular complexity index is 1170. The molecule has 1 atom stereocenters. The third-order valence-electron chi connectivity index (χ3n) is 4.90. The lowest BCUT2D eigenvalue weighted by molar-refractivity contribution is -0.119. The summed E-state index contributed by atoms with van der Waals surface area (Å²) in [6.45, 7) is 9.74. The van der Waals surface area contributed by atoms with Gasteiger partial charge in [0.15, 0.2) is 5.16 Å². The fraction of sp³-hybridized carbons (Fsp3) is 0.364. The number of aromatic nitrogens is 2. The van der Waals surface area contributed by atoms with E-state index < -0.39 is 17.2 Å². The molecule has 2 N–H and O–H groups in total. The molecule has 0 fully saturated rings. The summed E-state index contributed by atoms with van der Waals surface area (Å²) in [6.07, 6.45) is 0. The van der Waals surface area contributed by atoms with Crippen molar-refractivity contribution in [2.24, 2.45) is 0 Å². The summed E-state index contributed by atoms with van der Waals surface area (Å²) < 4.78 is 1.62. The molecule has 0 aliphatic rings. The first kappa shape index (κ1) is 23.0. The Kier molecular flexibility index (Phi) is 7.17. The van der Waals surface area contributed by atoms with Gasteiger partial charge in [-0.25, -0.2) is 9.78 Å². The van der Waals surface area contributed by atoms with E-state index in [4.69, 9.17) is 0 Å². The van der Waals surface area contributed by atoms with E-state index in [1.165, 1.54) is 23.1 Å². The molecule has 3 aromatic rings. The van der Waals surface area contributed by atoms with Crippen LogP contribution in [0.25, 0.3) is 10.2 Å². The van der Waals surface area contributed by atoms with E-state index in [2.05, 4.69) is 15.6 Å². The summed E-state index contributed by atoms with van der Waals surface area (Å²) in [4.78, 5) is 44.2. The van der Waals surface area contributed by atoms with Crippen molar-refractivity contribution in [3.05, 3.63) is 56.7 Å². The maximum atomic E-state index is 13.1. The first-order valence-corrected chi connectivity index (χ1v) is 11.7. The van der Waals surface area contributed by atoms with Gasteiger partial charge in [0.2, 0.25) is 5.91 Å². The highest BCUT2D eigenvalue weighted by atomic mass is 32.2. The largest absolute Gasteiger partial charge is 0.334 e. The molecule has 0 bridgehead atoms. The van der Waals surface area contributed by atoms with Crippen molar-refractivity contribution in [1.82, 2.24) is 20.2 Å². The second-order valence-electron chi connectivity index (χ2n) is 7.54. The number of fused-ring (bicyclic) bond motifs is 1. The van der Waals surface area contributed by atoms with Gasteiger partial charge in [-0.05, 0) is 45.7 Å². The number of amides is 3. The fourth-order valence-corrected chi connectivity index (χ4v) is 5.18. The van der Waals surface area contributed by atoms with E-state index in [1.54, 1.807) is 11.5 Å². The topological polar surface area (TPSA) is 93.1 Å². The number of nitrogens with zero attached hydrogens (tertiary/aromatic N) is 2. The Morgan fingerprint density at radius 1 is 1.16 bits per heavy atom. The number of urea groups is 1. The minimum absolute atomic E-state index is 0.0995. The molecular formula is C22H26N4O3S2. The molecule has 0 radical (unpaired) electrons. The number of thiophene rings is 1. The van der Waals surface area contributed by atoms with E-state index in [-0.39, 0.29) is 11.6 Å². The predicted octanol–water partition coefficient (Wildman–Crippen LogP) is 4.16. The summed E-state index contributed by atoms with van der Waals surface area (Å²) in [5, 5.41) is 5.53. The molecule has 0 saturated carbocycles. The number of imide groups is 1. The normalized spacial score (nSPS) is 12.2. The first-order chi connectivity index (χ1) is 14.7. The highest BCUT2D eigenvalue weighted by Gasteiger charge is 2.23. The lowest BCUT2D eigenvalue weighted by atomic mass is 10.2. The minimum atomic E-state index is -0.612. The number of hydrogen-bond acceptors (Lipinski definition) is 6. The first-order valence-electron chi connectivity index (χ1n) is 10.0. The zero-order valence-corrected chi connectivity index (χ0v) is 19.8. The molecule has 1 unspecified atom stereocenters. The smallest absolute Gasteiger partial charge is 0.321 e. The van der Waals surface area contributed by atoms with Gasteiger partial charge in [0.25, 0.3) is 5.56 Å². The average Bonchev–Trinajstić information content (AvgIpc) is 3.00. The molecule has 0 saturated heterocycles. The van der Waals surface area contributed by atoms with Crippen LogP contribution < -0.4 is 16.2 Å². The van der Waals surface area contributed by atoms with Gasteiger partial charge in [-0.1, -0.05) is 42.1 Å². The maximum Gasteiger partial charge on any atom is 0.321 e. The predicted molar refractivity (Wildman–Crippen MR) is 126 cm³/mol. The number of aryl methyl sites for hydroxylation is 2. The van der Waals surface area contributed by atoms with Crippen molar-refractivity contribution in [2.75, 3.05) is 0 Å². The van der Waals surface area contributed by atoms with Crippen molar-refractivity contribution in [3.8, 4) is 0 Å². The molecule has 2 aromatic heterocycles. The van der Waals surface area contributed by atoms with Crippen LogP contribution in [0.1, 0.15) is 42.8 Å². The molecule has 0 aliphatic carbocycles. The van der Waals surface area contributed by atoms with Crippen molar-refractivity contribution in [2.45, 2.75) is 57.6 Å². The zero-order valence-electron chi connectivity index (χ0n) is 18.2. The number of carbonyl (C=O) groups is 2. The van der Waals surface area contributed by atoms with E-state index in [1.807, 2.05) is 58.0 Å². The molecule has 3 amide bonds. The Morgan fingerprint density at radius 2 is 1.84 bits per heavy atom. The quantitative estimate of drug-likeness (QED) is 0.427.